The lowest BCUT2D eigenvalue weighted by molar-refractivity contribution is -0.124. The second kappa shape index (κ2) is 12.1. The Labute approximate surface area is 241 Å². The van der Waals surface area contributed by atoms with Crippen LogP contribution in [0.2, 0.25) is 10.0 Å². The normalized spacial score (nSPS) is 11.2. The number of carbonyl (C=O) groups is 3. The molecule has 10 heteroatoms. The van der Waals surface area contributed by atoms with Crippen molar-refractivity contribution in [3.63, 3.8) is 0 Å². The van der Waals surface area contributed by atoms with Crippen LogP contribution in [-0.4, -0.2) is 22.3 Å². The zero-order chi connectivity index (χ0) is 29.1. The fourth-order valence-corrected chi connectivity index (χ4v) is 4.65. The number of fused-ring (bicyclic) bond motifs is 1. The minimum absolute atomic E-state index is 0.0479. The molecule has 0 spiro atoms. The molecule has 208 valence electrons. The first-order chi connectivity index (χ1) is 18.9. The van der Waals surface area contributed by atoms with E-state index >= 15 is 0 Å². The molecule has 0 radical (unpaired) electrons. The third-order valence-electron chi connectivity index (χ3n) is 6.29. The fourth-order valence-electron chi connectivity index (χ4n) is 4.26. The van der Waals surface area contributed by atoms with Crippen molar-refractivity contribution in [1.29, 1.82) is 0 Å². The second-order valence-corrected chi connectivity index (χ2v) is 10.8. The van der Waals surface area contributed by atoms with Gasteiger partial charge in [0.25, 0.3) is 11.8 Å². The summed E-state index contributed by atoms with van der Waals surface area (Å²) >= 11 is 12.2. The predicted octanol–water partition coefficient (Wildman–Crippen LogP) is 7.44. The van der Waals surface area contributed by atoms with Gasteiger partial charge in [-0.05, 0) is 74.0 Å². The Hall–Kier alpha value is -3.88. The number of nitrogens with zero attached hydrogens (tertiary/aromatic N) is 1. The predicted molar refractivity (Wildman–Crippen MR) is 158 cm³/mol. The third kappa shape index (κ3) is 6.46. The van der Waals surface area contributed by atoms with E-state index in [9.17, 15) is 18.8 Å². The van der Waals surface area contributed by atoms with Crippen molar-refractivity contribution < 1.29 is 18.8 Å². The topological polar surface area (TPSA) is 92.2 Å². The molecule has 40 heavy (non-hydrogen) atoms. The number of aromatic nitrogens is 1. The van der Waals surface area contributed by atoms with Crippen LogP contribution in [0.4, 0.5) is 15.8 Å². The maximum atomic E-state index is 13.5. The third-order valence-corrected chi connectivity index (χ3v) is 6.91. The van der Waals surface area contributed by atoms with Gasteiger partial charge in [-0.25, -0.2) is 4.39 Å². The van der Waals surface area contributed by atoms with E-state index in [1.54, 1.807) is 50.2 Å². The molecule has 3 N–H and O–H groups in total. The van der Waals surface area contributed by atoms with Crippen molar-refractivity contribution >= 4 is 63.2 Å². The molecule has 0 atom stereocenters. The Morgan fingerprint density at radius 1 is 0.825 bits per heavy atom. The van der Waals surface area contributed by atoms with Crippen LogP contribution in [-0.2, 0) is 11.3 Å². The SMILES string of the molecule is CC(C)C(=O)NCc1ccc(Cl)c(C(=O)Nc2ccc3c(c2)cc(C(=O)Nc2ccc(F)c(Cl)c2)n3C(C)C)c1. The van der Waals surface area contributed by atoms with Crippen LogP contribution in [0.5, 0.6) is 0 Å². The van der Waals surface area contributed by atoms with Crippen LogP contribution in [0.1, 0.15) is 60.1 Å². The lowest BCUT2D eigenvalue weighted by Crippen LogP contribution is -2.27. The number of nitrogens with one attached hydrogen (secondary N) is 3. The van der Waals surface area contributed by atoms with Crippen molar-refractivity contribution in [2.45, 2.75) is 40.3 Å². The number of anilines is 2. The van der Waals surface area contributed by atoms with Crippen molar-refractivity contribution in [1.82, 2.24) is 9.88 Å². The summed E-state index contributed by atoms with van der Waals surface area (Å²) in [4.78, 5) is 38.2. The average molecular weight is 583 g/mol. The first kappa shape index (κ1) is 29.1. The summed E-state index contributed by atoms with van der Waals surface area (Å²) < 4.78 is 15.4. The smallest absolute Gasteiger partial charge is 0.272 e. The molecule has 0 aliphatic carbocycles. The van der Waals surface area contributed by atoms with Gasteiger partial charge in [0.15, 0.2) is 0 Å². The van der Waals surface area contributed by atoms with Crippen LogP contribution in [0.25, 0.3) is 10.9 Å². The highest BCUT2D eigenvalue weighted by atomic mass is 35.5. The molecule has 1 heterocycles. The van der Waals surface area contributed by atoms with Gasteiger partial charge in [-0.3, -0.25) is 14.4 Å². The van der Waals surface area contributed by atoms with Crippen LogP contribution < -0.4 is 16.0 Å². The highest BCUT2D eigenvalue weighted by molar-refractivity contribution is 6.34. The van der Waals surface area contributed by atoms with E-state index in [1.165, 1.54) is 18.2 Å². The van der Waals surface area contributed by atoms with Crippen molar-refractivity contribution in [3.8, 4) is 0 Å². The summed E-state index contributed by atoms with van der Waals surface area (Å²) in [6, 6.07) is 16.0. The Kier molecular flexibility index (Phi) is 8.81. The van der Waals surface area contributed by atoms with E-state index < -0.39 is 11.7 Å². The van der Waals surface area contributed by atoms with Gasteiger partial charge in [0.1, 0.15) is 11.5 Å². The Morgan fingerprint density at radius 2 is 1.50 bits per heavy atom. The van der Waals surface area contributed by atoms with Gasteiger partial charge >= 0.3 is 0 Å². The number of amides is 3. The molecule has 1 aromatic heterocycles. The molecule has 0 saturated carbocycles. The van der Waals surface area contributed by atoms with E-state index in [4.69, 9.17) is 23.2 Å². The van der Waals surface area contributed by atoms with Gasteiger partial charge in [-0.1, -0.05) is 43.1 Å². The summed E-state index contributed by atoms with van der Waals surface area (Å²) in [7, 11) is 0. The van der Waals surface area contributed by atoms with Crippen LogP contribution in [0.3, 0.4) is 0 Å². The number of carbonyl (C=O) groups excluding carboxylic acids is 3. The summed E-state index contributed by atoms with van der Waals surface area (Å²) in [5.41, 5.74) is 3.10. The molecule has 0 unspecified atom stereocenters. The van der Waals surface area contributed by atoms with Gasteiger partial charge in [0.05, 0.1) is 15.6 Å². The maximum absolute atomic E-state index is 13.5. The fraction of sp³-hybridized carbons (Fsp3) is 0.233. The number of hydrogen-bond donors (Lipinski definition) is 3. The molecule has 0 aliphatic rings. The molecule has 3 aromatic carbocycles. The maximum Gasteiger partial charge on any atom is 0.272 e. The molecule has 7 nitrogen and oxygen atoms in total. The molecule has 0 saturated heterocycles. The molecule has 3 amide bonds. The Bertz CT molecular complexity index is 1610. The standard InChI is InChI=1S/C30H29Cl2FN4O3/c1-16(2)28(38)34-15-18-5-8-23(31)22(11-18)29(39)35-20-7-10-26-19(12-20)13-27(37(26)17(3)4)30(40)36-21-6-9-25(33)24(32)14-21/h5-14,16-17H,15H2,1-4H3,(H,34,38)(H,35,39)(H,36,40). The zero-order valence-corrected chi connectivity index (χ0v) is 24.0. The lowest BCUT2D eigenvalue weighted by Gasteiger charge is -2.15. The second-order valence-electron chi connectivity index (χ2n) is 9.99. The van der Waals surface area contributed by atoms with Crippen LogP contribution in [0.15, 0.2) is 60.7 Å². The van der Waals surface area contributed by atoms with E-state index in [2.05, 4.69) is 16.0 Å². The Morgan fingerprint density at radius 3 is 2.17 bits per heavy atom. The van der Waals surface area contributed by atoms with Gasteiger partial charge in [-0.15, -0.1) is 0 Å². The van der Waals surface area contributed by atoms with Crippen LogP contribution in [0, 0.1) is 11.7 Å². The summed E-state index contributed by atoms with van der Waals surface area (Å²) in [5, 5.41) is 9.39. The zero-order valence-electron chi connectivity index (χ0n) is 22.4. The first-order valence-corrected chi connectivity index (χ1v) is 13.5. The monoisotopic (exact) mass is 582 g/mol. The summed E-state index contributed by atoms with van der Waals surface area (Å²) in [5.74, 6) is -1.60. The van der Waals surface area contributed by atoms with E-state index in [0.29, 0.717) is 17.1 Å². The molecule has 0 fully saturated rings. The van der Waals surface area contributed by atoms with E-state index in [1.807, 2.05) is 24.5 Å². The van der Waals surface area contributed by atoms with Gasteiger partial charge in [0, 0.05) is 40.8 Å². The van der Waals surface area contributed by atoms with Crippen molar-refractivity contribution in [3.05, 3.63) is 93.3 Å². The molecule has 0 bridgehead atoms. The number of halogens is 3. The van der Waals surface area contributed by atoms with E-state index in [0.717, 1.165) is 16.5 Å². The lowest BCUT2D eigenvalue weighted by atomic mass is 10.1. The molecular weight excluding hydrogens is 554 g/mol. The number of hydrogen-bond acceptors (Lipinski definition) is 3. The quantitative estimate of drug-likeness (QED) is 0.201. The highest BCUT2D eigenvalue weighted by Gasteiger charge is 2.19. The molecular formula is C30H29Cl2FN4O3. The first-order valence-electron chi connectivity index (χ1n) is 12.7. The number of rotatable bonds is 8. The van der Waals surface area contributed by atoms with Gasteiger partial charge < -0.3 is 20.5 Å². The van der Waals surface area contributed by atoms with Crippen LogP contribution >= 0.6 is 23.2 Å². The highest BCUT2D eigenvalue weighted by Crippen LogP contribution is 2.29. The van der Waals surface area contributed by atoms with E-state index in [-0.39, 0.29) is 45.9 Å². The largest absolute Gasteiger partial charge is 0.352 e. The molecule has 4 aromatic rings. The molecule has 4 rings (SSSR count). The summed E-state index contributed by atoms with van der Waals surface area (Å²) in [6.07, 6.45) is 0. The Balaban J connectivity index is 1.57. The molecule has 0 aliphatic heterocycles. The van der Waals surface area contributed by atoms with Crippen molar-refractivity contribution in [2.75, 3.05) is 10.6 Å². The van der Waals surface area contributed by atoms with Crippen molar-refractivity contribution in [2.24, 2.45) is 5.92 Å². The number of benzene rings is 3. The summed E-state index contributed by atoms with van der Waals surface area (Å²) in [6.45, 7) is 7.80. The average Bonchev–Trinajstić information content (AvgIpc) is 3.29. The van der Waals surface area contributed by atoms with Gasteiger partial charge in [0.2, 0.25) is 5.91 Å². The van der Waals surface area contributed by atoms with Gasteiger partial charge in [-0.2, -0.15) is 0 Å². The minimum Gasteiger partial charge on any atom is -0.352 e. The minimum atomic E-state index is -0.573.